The lowest BCUT2D eigenvalue weighted by molar-refractivity contribution is -0.120. The summed E-state index contributed by atoms with van der Waals surface area (Å²) < 4.78 is 25.1. The van der Waals surface area contributed by atoms with Crippen LogP contribution in [0.5, 0.6) is 11.5 Å². The summed E-state index contributed by atoms with van der Waals surface area (Å²) in [7, 11) is 1.53. The number of methoxy groups -OCH3 is 1. The number of aryl methyl sites for hydroxylation is 1. The summed E-state index contributed by atoms with van der Waals surface area (Å²) in [5.74, 6) is -0.522. The SMILES string of the molecule is COc1ccc(C)cc1NC1=C(c2ccc(OC(C)C)cc2)C(=O)N(c2cccc(F)c2)C1=O. The zero-order valence-corrected chi connectivity index (χ0v) is 19.4. The highest BCUT2D eigenvalue weighted by atomic mass is 19.1. The number of imide groups is 1. The Bertz CT molecular complexity index is 1280. The summed E-state index contributed by atoms with van der Waals surface area (Å²) >= 11 is 0. The van der Waals surface area contributed by atoms with Crippen LogP contribution in [0, 0.1) is 12.7 Å². The number of ether oxygens (including phenoxy) is 2. The van der Waals surface area contributed by atoms with E-state index >= 15 is 0 Å². The standard InChI is InChI=1S/C27H25FN2O4/c1-16(2)34-21-11-9-18(10-12-21)24-25(29-22-14-17(3)8-13-23(22)33-4)27(32)30(26(24)31)20-7-5-6-19(28)15-20/h5-16,29H,1-4H3. The molecule has 0 spiro atoms. The number of amides is 2. The first-order chi connectivity index (χ1) is 16.3. The molecule has 0 atom stereocenters. The van der Waals surface area contributed by atoms with Crippen molar-refractivity contribution < 1.29 is 23.5 Å². The minimum atomic E-state index is -0.586. The van der Waals surface area contributed by atoms with Crippen molar-refractivity contribution in [1.82, 2.24) is 0 Å². The molecule has 6 nitrogen and oxygen atoms in total. The number of carbonyl (C=O) groups is 2. The summed E-state index contributed by atoms with van der Waals surface area (Å²) in [6, 6.07) is 17.8. The van der Waals surface area contributed by atoms with Crippen molar-refractivity contribution in [3.8, 4) is 11.5 Å². The lowest BCUT2D eigenvalue weighted by Gasteiger charge is -2.16. The van der Waals surface area contributed by atoms with Crippen molar-refractivity contribution >= 4 is 28.8 Å². The number of hydrogen-bond donors (Lipinski definition) is 1. The second-order valence-corrected chi connectivity index (χ2v) is 8.20. The van der Waals surface area contributed by atoms with E-state index in [-0.39, 0.29) is 23.1 Å². The van der Waals surface area contributed by atoms with Crippen LogP contribution in [0.25, 0.3) is 5.57 Å². The largest absolute Gasteiger partial charge is 0.495 e. The molecule has 174 valence electrons. The summed E-state index contributed by atoms with van der Waals surface area (Å²) in [6.45, 7) is 5.75. The maximum absolute atomic E-state index is 13.9. The number of rotatable bonds is 7. The van der Waals surface area contributed by atoms with Gasteiger partial charge in [0.25, 0.3) is 11.8 Å². The first-order valence-corrected chi connectivity index (χ1v) is 10.9. The Labute approximate surface area is 197 Å². The van der Waals surface area contributed by atoms with Crippen LogP contribution in [0.15, 0.2) is 72.4 Å². The van der Waals surface area contributed by atoms with Crippen LogP contribution in [0.2, 0.25) is 0 Å². The van der Waals surface area contributed by atoms with E-state index in [0.29, 0.717) is 22.7 Å². The molecule has 0 saturated carbocycles. The van der Waals surface area contributed by atoms with E-state index in [4.69, 9.17) is 9.47 Å². The average Bonchev–Trinajstić information content (AvgIpc) is 3.03. The van der Waals surface area contributed by atoms with Crippen LogP contribution < -0.4 is 19.7 Å². The number of anilines is 2. The fraction of sp³-hybridized carbons (Fsp3) is 0.185. The summed E-state index contributed by atoms with van der Waals surface area (Å²) in [5, 5.41) is 3.11. The van der Waals surface area contributed by atoms with E-state index in [1.807, 2.05) is 32.9 Å². The third-order valence-corrected chi connectivity index (χ3v) is 5.28. The fourth-order valence-electron chi connectivity index (χ4n) is 3.79. The number of nitrogens with zero attached hydrogens (tertiary/aromatic N) is 1. The van der Waals surface area contributed by atoms with E-state index < -0.39 is 17.6 Å². The molecule has 0 saturated heterocycles. The maximum atomic E-state index is 13.9. The van der Waals surface area contributed by atoms with Crippen molar-refractivity contribution in [1.29, 1.82) is 0 Å². The Kier molecular flexibility index (Phi) is 6.36. The van der Waals surface area contributed by atoms with Gasteiger partial charge in [0.2, 0.25) is 0 Å². The second-order valence-electron chi connectivity index (χ2n) is 8.20. The van der Waals surface area contributed by atoms with Gasteiger partial charge in [0, 0.05) is 0 Å². The molecular formula is C27H25FN2O4. The molecule has 0 unspecified atom stereocenters. The smallest absolute Gasteiger partial charge is 0.282 e. The van der Waals surface area contributed by atoms with Gasteiger partial charge in [0.1, 0.15) is 23.0 Å². The molecule has 1 aliphatic heterocycles. The number of benzene rings is 3. The normalized spacial score (nSPS) is 13.6. The van der Waals surface area contributed by atoms with Crippen LogP contribution in [0.4, 0.5) is 15.8 Å². The van der Waals surface area contributed by atoms with Crippen molar-refractivity contribution in [2.24, 2.45) is 0 Å². The maximum Gasteiger partial charge on any atom is 0.282 e. The molecule has 1 heterocycles. The van der Waals surface area contributed by atoms with E-state index in [1.54, 1.807) is 30.3 Å². The molecule has 34 heavy (non-hydrogen) atoms. The van der Waals surface area contributed by atoms with Crippen LogP contribution in [-0.2, 0) is 9.59 Å². The number of hydrogen-bond acceptors (Lipinski definition) is 5. The Morgan fingerprint density at radius 3 is 2.32 bits per heavy atom. The molecule has 0 aromatic heterocycles. The predicted octanol–water partition coefficient (Wildman–Crippen LogP) is 5.33. The second kappa shape index (κ2) is 9.39. The van der Waals surface area contributed by atoms with Crippen LogP contribution in [0.3, 0.4) is 0 Å². The minimum absolute atomic E-state index is 0.00534. The van der Waals surface area contributed by atoms with Crippen molar-refractivity contribution in [3.05, 3.63) is 89.4 Å². The van der Waals surface area contributed by atoms with Crippen LogP contribution in [0.1, 0.15) is 25.0 Å². The molecule has 3 aromatic rings. The molecule has 0 bridgehead atoms. The Morgan fingerprint density at radius 1 is 0.941 bits per heavy atom. The minimum Gasteiger partial charge on any atom is -0.495 e. The zero-order valence-electron chi connectivity index (χ0n) is 19.4. The van der Waals surface area contributed by atoms with Crippen molar-refractivity contribution in [3.63, 3.8) is 0 Å². The molecule has 2 amide bonds. The van der Waals surface area contributed by atoms with Crippen molar-refractivity contribution in [2.45, 2.75) is 26.9 Å². The molecule has 0 radical (unpaired) electrons. The highest BCUT2D eigenvalue weighted by Gasteiger charge is 2.40. The van der Waals surface area contributed by atoms with E-state index in [0.717, 1.165) is 16.5 Å². The Balaban J connectivity index is 1.82. The molecule has 7 heteroatoms. The monoisotopic (exact) mass is 460 g/mol. The number of nitrogens with one attached hydrogen (secondary N) is 1. The number of carbonyl (C=O) groups excluding carboxylic acids is 2. The van der Waals surface area contributed by atoms with Gasteiger partial charge in [-0.1, -0.05) is 24.3 Å². The quantitative estimate of drug-likeness (QED) is 0.483. The highest BCUT2D eigenvalue weighted by Crippen LogP contribution is 2.36. The molecule has 1 N–H and O–H groups in total. The lowest BCUT2D eigenvalue weighted by Crippen LogP contribution is -2.32. The first kappa shape index (κ1) is 23.0. The molecule has 4 rings (SSSR count). The van der Waals surface area contributed by atoms with Crippen LogP contribution >= 0.6 is 0 Å². The van der Waals surface area contributed by atoms with E-state index in [2.05, 4.69) is 5.32 Å². The van der Waals surface area contributed by atoms with Gasteiger partial charge in [-0.05, 0) is 74.4 Å². The van der Waals surface area contributed by atoms with Gasteiger partial charge in [-0.2, -0.15) is 0 Å². The predicted molar refractivity (Wildman–Crippen MR) is 129 cm³/mol. The highest BCUT2D eigenvalue weighted by molar-refractivity contribution is 6.46. The molecule has 3 aromatic carbocycles. The lowest BCUT2D eigenvalue weighted by atomic mass is 10.0. The fourth-order valence-corrected chi connectivity index (χ4v) is 3.79. The number of halogens is 1. The summed E-state index contributed by atoms with van der Waals surface area (Å²) in [6.07, 6.45) is -0.00534. The van der Waals surface area contributed by atoms with Gasteiger partial charge in [0.05, 0.1) is 30.2 Å². The summed E-state index contributed by atoms with van der Waals surface area (Å²) in [5.41, 5.74) is 2.42. The first-order valence-electron chi connectivity index (χ1n) is 10.9. The van der Waals surface area contributed by atoms with Gasteiger partial charge in [-0.25, -0.2) is 9.29 Å². The van der Waals surface area contributed by atoms with Gasteiger partial charge in [-0.15, -0.1) is 0 Å². The Hall–Kier alpha value is -4.13. The molecule has 0 fully saturated rings. The van der Waals surface area contributed by atoms with E-state index in [9.17, 15) is 14.0 Å². The van der Waals surface area contributed by atoms with Gasteiger partial charge in [-0.3, -0.25) is 9.59 Å². The van der Waals surface area contributed by atoms with Crippen LogP contribution in [-0.4, -0.2) is 25.0 Å². The third-order valence-electron chi connectivity index (χ3n) is 5.28. The topological polar surface area (TPSA) is 67.9 Å². The van der Waals surface area contributed by atoms with Crippen molar-refractivity contribution in [2.75, 3.05) is 17.3 Å². The van der Waals surface area contributed by atoms with E-state index in [1.165, 1.54) is 25.3 Å². The third kappa shape index (κ3) is 4.50. The average molecular weight is 461 g/mol. The Morgan fingerprint density at radius 2 is 1.68 bits per heavy atom. The molecule has 1 aliphatic rings. The van der Waals surface area contributed by atoms with Gasteiger partial charge in [0.15, 0.2) is 0 Å². The zero-order chi connectivity index (χ0) is 24.4. The van der Waals surface area contributed by atoms with Gasteiger partial charge < -0.3 is 14.8 Å². The summed E-state index contributed by atoms with van der Waals surface area (Å²) in [4.78, 5) is 28.0. The van der Waals surface area contributed by atoms with Gasteiger partial charge >= 0.3 is 0 Å². The molecule has 0 aliphatic carbocycles. The molecular weight excluding hydrogens is 435 g/mol.